The first-order chi connectivity index (χ1) is 9.19. The fraction of sp³-hybridized carbons (Fsp3) is 0.588. The standard InChI is InChI=1S/C17H25NO/c1-3-14-5-4-6-15(13-14)7-8-17(19)16-9-11-18(2)12-10-16/h4-6,13,16H,3,7-12H2,1-2H3. The molecule has 2 heteroatoms. The van der Waals surface area contributed by atoms with E-state index in [9.17, 15) is 4.79 Å². The Hall–Kier alpha value is -1.15. The SMILES string of the molecule is CCc1cccc(CCC(=O)C2CCN(C)CC2)c1. The van der Waals surface area contributed by atoms with Crippen LogP contribution in [0, 0.1) is 5.92 Å². The Morgan fingerprint density at radius 3 is 2.63 bits per heavy atom. The molecule has 0 unspecified atom stereocenters. The number of Topliss-reactive ketones (excluding diaryl/α,β-unsaturated/α-hetero) is 1. The van der Waals surface area contributed by atoms with Gasteiger partial charge in [0.2, 0.25) is 0 Å². The quantitative estimate of drug-likeness (QED) is 0.810. The molecule has 0 radical (unpaired) electrons. The van der Waals surface area contributed by atoms with Gasteiger partial charge in [-0.25, -0.2) is 0 Å². The number of hydrogen-bond acceptors (Lipinski definition) is 2. The second kappa shape index (κ2) is 6.85. The summed E-state index contributed by atoms with van der Waals surface area (Å²) in [6, 6.07) is 8.64. The number of carbonyl (C=O) groups is 1. The molecule has 104 valence electrons. The number of nitrogens with zero attached hydrogens (tertiary/aromatic N) is 1. The Kier molecular flexibility index (Phi) is 5.15. The molecule has 0 amide bonds. The molecule has 0 aromatic heterocycles. The average molecular weight is 259 g/mol. The van der Waals surface area contributed by atoms with Crippen LogP contribution >= 0.6 is 0 Å². The van der Waals surface area contributed by atoms with Crippen molar-refractivity contribution in [3.63, 3.8) is 0 Å². The van der Waals surface area contributed by atoms with Crippen molar-refractivity contribution in [1.29, 1.82) is 0 Å². The first kappa shape index (κ1) is 14.3. The number of likely N-dealkylation sites (tertiary alicyclic amines) is 1. The molecular formula is C17H25NO. The fourth-order valence-corrected chi connectivity index (χ4v) is 2.81. The normalized spacial score (nSPS) is 17.6. The van der Waals surface area contributed by atoms with Gasteiger partial charge in [-0.15, -0.1) is 0 Å². The number of piperidine rings is 1. The molecule has 1 fully saturated rings. The largest absolute Gasteiger partial charge is 0.306 e. The molecule has 1 aromatic rings. The van der Waals surface area contributed by atoms with Gasteiger partial charge < -0.3 is 4.90 Å². The van der Waals surface area contributed by atoms with Gasteiger partial charge in [-0.3, -0.25) is 4.79 Å². The van der Waals surface area contributed by atoms with Crippen molar-refractivity contribution in [2.24, 2.45) is 5.92 Å². The molecule has 0 bridgehead atoms. The number of hydrogen-bond donors (Lipinski definition) is 0. The zero-order valence-corrected chi connectivity index (χ0v) is 12.2. The molecule has 0 aliphatic carbocycles. The molecule has 2 nitrogen and oxygen atoms in total. The van der Waals surface area contributed by atoms with Gasteiger partial charge in [-0.1, -0.05) is 31.2 Å². The Balaban J connectivity index is 1.82. The topological polar surface area (TPSA) is 20.3 Å². The number of benzene rings is 1. The van der Waals surface area contributed by atoms with E-state index in [-0.39, 0.29) is 0 Å². The molecular weight excluding hydrogens is 234 g/mol. The van der Waals surface area contributed by atoms with E-state index in [0.717, 1.165) is 38.8 Å². The molecule has 1 aromatic carbocycles. The predicted molar refractivity (Wildman–Crippen MR) is 79.4 cm³/mol. The van der Waals surface area contributed by atoms with Gasteiger partial charge in [0.1, 0.15) is 5.78 Å². The van der Waals surface area contributed by atoms with E-state index in [1.54, 1.807) is 0 Å². The Labute approximate surface area is 116 Å². The zero-order chi connectivity index (χ0) is 13.7. The monoisotopic (exact) mass is 259 g/mol. The Morgan fingerprint density at radius 1 is 1.26 bits per heavy atom. The molecule has 1 aliphatic rings. The van der Waals surface area contributed by atoms with Crippen molar-refractivity contribution >= 4 is 5.78 Å². The van der Waals surface area contributed by atoms with Crippen LogP contribution in [0.3, 0.4) is 0 Å². The molecule has 0 atom stereocenters. The van der Waals surface area contributed by atoms with Crippen LogP contribution in [0.4, 0.5) is 0 Å². The van der Waals surface area contributed by atoms with Crippen LogP contribution in [-0.2, 0) is 17.6 Å². The number of carbonyl (C=O) groups excluding carboxylic acids is 1. The highest BCUT2D eigenvalue weighted by molar-refractivity contribution is 5.81. The van der Waals surface area contributed by atoms with E-state index in [2.05, 4.69) is 43.1 Å². The first-order valence-electron chi connectivity index (χ1n) is 7.48. The highest BCUT2D eigenvalue weighted by atomic mass is 16.1. The maximum absolute atomic E-state index is 12.2. The predicted octanol–water partition coefficient (Wildman–Crippen LogP) is 3.09. The summed E-state index contributed by atoms with van der Waals surface area (Å²) < 4.78 is 0. The van der Waals surface area contributed by atoms with E-state index >= 15 is 0 Å². The van der Waals surface area contributed by atoms with Gasteiger partial charge in [-0.05, 0) is 56.9 Å². The summed E-state index contributed by atoms with van der Waals surface area (Å²) in [5.74, 6) is 0.778. The van der Waals surface area contributed by atoms with Crippen LogP contribution in [0.25, 0.3) is 0 Å². The summed E-state index contributed by atoms with van der Waals surface area (Å²) in [5.41, 5.74) is 2.67. The number of ketones is 1. The third kappa shape index (κ3) is 4.17. The van der Waals surface area contributed by atoms with E-state index in [0.29, 0.717) is 18.1 Å². The van der Waals surface area contributed by atoms with Crippen LogP contribution in [0.5, 0.6) is 0 Å². The molecule has 0 spiro atoms. The lowest BCUT2D eigenvalue weighted by molar-refractivity contribution is -0.124. The van der Waals surface area contributed by atoms with Crippen LogP contribution < -0.4 is 0 Å². The van der Waals surface area contributed by atoms with Crippen LogP contribution in [0.2, 0.25) is 0 Å². The minimum absolute atomic E-state index is 0.311. The summed E-state index contributed by atoms with van der Waals surface area (Å²) in [6.45, 7) is 4.31. The van der Waals surface area contributed by atoms with Gasteiger partial charge in [0.05, 0.1) is 0 Å². The summed E-state index contributed by atoms with van der Waals surface area (Å²) in [4.78, 5) is 14.5. The molecule has 1 heterocycles. The van der Waals surface area contributed by atoms with Crippen molar-refractivity contribution < 1.29 is 4.79 Å². The summed E-state index contributed by atoms with van der Waals surface area (Å²) in [5, 5.41) is 0. The van der Waals surface area contributed by atoms with Crippen LogP contribution in [0.15, 0.2) is 24.3 Å². The smallest absolute Gasteiger partial charge is 0.136 e. The van der Waals surface area contributed by atoms with Crippen molar-refractivity contribution in [3.8, 4) is 0 Å². The highest BCUT2D eigenvalue weighted by Gasteiger charge is 2.22. The minimum Gasteiger partial charge on any atom is -0.306 e. The maximum atomic E-state index is 12.2. The third-order valence-corrected chi connectivity index (χ3v) is 4.23. The lowest BCUT2D eigenvalue weighted by Gasteiger charge is -2.28. The Morgan fingerprint density at radius 2 is 1.95 bits per heavy atom. The number of rotatable bonds is 5. The van der Waals surface area contributed by atoms with Gasteiger partial charge >= 0.3 is 0 Å². The summed E-state index contributed by atoms with van der Waals surface area (Å²) in [7, 11) is 2.14. The van der Waals surface area contributed by atoms with Crippen molar-refractivity contribution in [2.45, 2.75) is 39.0 Å². The first-order valence-corrected chi connectivity index (χ1v) is 7.48. The second-order valence-electron chi connectivity index (χ2n) is 5.72. The molecule has 0 N–H and O–H groups in total. The van der Waals surface area contributed by atoms with Gasteiger partial charge in [0, 0.05) is 12.3 Å². The second-order valence-corrected chi connectivity index (χ2v) is 5.72. The lowest BCUT2D eigenvalue weighted by atomic mass is 9.89. The van der Waals surface area contributed by atoms with Crippen molar-refractivity contribution in [2.75, 3.05) is 20.1 Å². The molecule has 19 heavy (non-hydrogen) atoms. The summed E-state index contributed by atoms with van der Waals surface area (Å²) >= 11 is 0. The molecule has 1 aliphatic heterocycles. The van der Waals surface area contributed by atoms with Crippen molar-refractivity contribution in [1.82, 2.24) is 4.90 Å². The van der Waals surface area contributed by atoms with E-state index in [1.165, 1.54) is 11.1 Å². The van der Waals surface area contributed by atoms with Crippen molar-refractivity contribution in [3.05, 3.63) is 35.4 Å². The number of aryl methyl sites for hydroxylation is 2. The highest BCUT2D eigenvalue weighted by Crippen LogP contribution is 2.19. The Bertz CT molecular complexity index is 419. The minimum atomic E-state index is 0.311. The lowest BCUT2D eigenvalue weighted by Crippen LogP contribution is -2.33. The van der Waals surface area contributed by atoms with Gasteiger partial charge in [-0.2, -0.15) is 0 Å². The van der Waals surface area contributed by atoms with E-state index in [1.807, 2.05) is 0 Å². The third-order valence-electron chi connectivity index (χ3n) is 4.23. The summed E-state index contributed by atoms with van der Waals surface area (Å²) in [6.07, 6.45) is 4.77. The van der Waals surface area contributed by atoms with Gasteiger partial charge in [0.25, 0.3) is 0 Å². The van der Waals surface area contributed by atoms with E-state index in [4.69, 9.17) is 0 Å². The molecule has 0 saturated carbocycles. The zero-order valence-electron chi connectivity index (χ0n) is 12.2. The molecule has 2 rings (SSSR count). The average Bonchev–Trinajstić information content (AvgIpc) is 2.46. The van der Waals surface area contributed by atoms with Crippen LogP contribution in [-0.4, -0.2) is 30.8 Å². The van der Waals surface area contributed by atoms with Crippen LogP contribution in [0.1, 0.15) is 37.3 Å². The maximum Gasteiger partial charge on any atom is 0.136 e. The van der Waals surface area contributed by atoms with E-state index < -0.39 is 0 Å². The van der Waals surface area contributed by atoms with Gasteiger partial charge in [0.15, 0.2) is 0 Å². The fourth-order valence-electron chi connectivity index (χ4n) is 2.81. The molecule has 1 saturated heterocycles.